The molecular weight excluding hydrogens is 392 g/mol. The van der Waals surface area contributed by atoms with E-state index < -0.39 is 0 Å². The van der Waals surface area contributed by atoms with E-state index in [2.05, 4.69) is 34.7 Å². The van der Waals surface area contributed by atoms with E-state index in [1.54, 1.807) is 0 Å². The summed E-state index contributed by atoms with van der Waals surface area (Å²) in [5.74, 6) is 1.76. The summed E-state index contributed by atoms with van der Waals surface area (Å²) in [6.07, 6.45) is 6.17. The molecule has 166 valence electrons. The van der Waals surface area contributed by atoms with E-state index in [0.717, 1.165) is 30.7 Å². The van der Waals surface area contributed by atoms with Crippen LogP contribution in [0.3, 0.4) is 0 Å². The Morgan fingerprint density at radius 3 is 2.55 bits per heavy atom. The van der Waals surface area contributed by atoms with Gasteiger partial charge in [0.15, 0.2) is 5.96 Å². The molecule has 2 aliphatic carbocycles. The molecular formula is C24H32N4O3. The number of hydrogen-bond donors (Lipinski definition) is 2. The number of imide groups is 1. The Balaban J connectivity index is 1.31. The molecule has 1 aliphatic heterocycles. The lowest BCUT2D eigenvalue weighted by atomic mass is 9.85. The first-order valence-corrected chi connectivity index (χ1v) is 11.4. The van der Waals surface area contributed by atoms with Crippen LogP contribution in [0.4, 0.5) is 0 Å². The summed E-state index contributed by atoms with van der Waals surface area (Å²) in [7, 11) is 0. The number of rotatable bonds is 9. The molecule has 3 aliphatic rings. The number of carbonyl (C=O) groups excluding carboxylic acids is 2. The Kier molecular flexibility index (Phi) is 6.59. The van der Waals surface area contributed by atoms with E-state index in [1.165, 1.54) is 4.90 Å². The number of aliphatic imine (C=N–C) groups is 1. The van der Waals surface area contributed by atoms with Gasteiger partial charge < -0.3 is 15.4 Å². The smallest absolute Gasteiger partial charge is 0.233 e. The zero-order valence-electron chi connectivity index (χ0n) is 18.3. The van der Waals surface area contributed by atoms with Crippen LogP contribution >= 0.6 is 0 Å². The minimum atomic E-state index is -0.133. The van der Waals surface area contributed by atoms with Crippen LogP contribution in [0, 0.1) is 23.7 Å². The lowest BCUT2D eigenvalue weighted by Gasteiger charge is -2.18. The van der Waals surface area contributed by atoms with Crippen LogP contribution in [-0.4, -0.2) is 48.9 Å². The van der Waals surface area contributed by atoms with E-state index in [9.17, 15) is 9.59 Å². The van der Waals surface area contributed by atoms with Gasteiger partial charge in [-0.1, -0.05) is 31.2 Å². The van der Waals surface area contributed by atoms with Crippen LogP contribution in [-0.2, 0) is 16.1 Å². The molecule has 2 amide bonds. The van der Waals surface area contributed by atoms with Crippen molar-refractivity contribution in [1.82, 2.24) is 15.5 Å². The summed E-state index contributed by atoms with van der Waals surface area (Å²) in [6.45, 7) is 6.88. The summed E-state index contributed by atoms with van der Waals surface area (Å²) >= 11 is 0. The van der Waals surface area contributed by atoms with Crippen molar-refractivity contribution in [2.24, 2.45) is 28.7 Å². The summed E-state index contributed by atoms with van der Waals surface area (Å²) in [4.78, 5) is 31.7. The minimum Gasteiger partial charge on any atom is -0.494 e. The number of hydrogen-bond acceptors (Lipinski definition) is 4. The highest BCUT2D eigenvalue weighted by Crippen LogP contribution is 2.52. The highest BCUT2D eigenvalue weighted by molar-refractivity contribution is 6.06. The first-order valence-electron chi connectivity index (χ1n) is 11.4. The molecule has 0 aromatic heterocycles. The molecule has 4 rings (SSSR count). The first-order chi connectivity index (χ1) is 15.1. The van der Waals surface area contributed by atoms with Gasteiger partial charge in [0.1, 0.15) is 5.75 Å². The molecule has 7 nitrogen and oxygen atoms in total. The second-order valence-corrected chi connectivity index (χ2v) is 8.45. The number of nitrogens with one attached hydrogen (secondary N) is 2. The number of allylic oxidation sites excluding steroid dienone is 2. The Hall–Kier alpha value is -2.83. The average molecular weight is 425 g/mol. The molecule has 4 unspecified atom stereocenters. The third-order valence-corrected chi connectivity index (χ3v) is 6.32. The van der Waals surface area contributed by atoms with E-state index >= 15 is 0 Å². The van der Waals surface area contributed by atoms with Gasteiger partial charge in [0, 0.05) is 19.6 Å². The van der Waals surface area contributed by atoms with Crippen molar-refractivity contribution in [3.63, 3.8) is 0 Å². The molecule has 1 aromatic carbocycles. The predicted molar refractivity (Wildman–Crippen MR) is 119 cm³/mol. The molecule has 2 bridgehead atoms. The standard InChI is InChI=1S/C24H32N4O3/c1-3-12-31-19-7-5-6-16(13-19)15-27-24(25-4-2)26-10-11-28-22(29)20-17-8-9-18(14-17)21(20)23(28)30/h5-9,13,17-18,20-21H,3-4,10-12,14-15H2,1-2H3,(H2,25,26,27). The Morgan fingerprint density at radius 1 is 1.13 bits per heavy atom. The number of guanidine groups is 1. The molecule has 31 heavy (non-hydrogen) atoms. The lowest BCUT2D eigenvalue weighted by Crippen LogP contribution is -2.43. The summed E-state index contributed by atoms with van der Waals surface area (Å²) in [6, 6.07) is 7.95. The maximum atomic E-state index is 12.8. The monoisotopic (exact) mass is 424 g/mol. The number of nitrogens with zero attached hydrogens (tertiary/aromatic N) is 2. The van der Waals surface area contributed by atoms with Gasteiger partial charge in [-0.25, -0.2) is 4.99 Å². The highest BCUT2D eigenvalue weighted by Gasteiger charge is 2.58. The van der Waals surface area contributed by atoms with Gasteiger partial charge in [-0.2, -0.15) is 0 Å². The summed E-state index contributed by atoms with van der Waals surface area (Å²) in [5.41, 5.74) is 1.06. The van der Waals surface area contributed by atoms with Crippen LogP contribution in [0.25, 0.3) is 0 Å². The quantitative estimate of drug-likeness (QED) is 0.275. The molecule has 1 heterocycles. The SMILES string of the molecule is CCCOc1cccc(CN=C(NCC)NCCN2C(=O)C3C4C=CC(C4)C3C2=O)c1. The lowest BCUT2D eigenvalue weighted by molar-refractivity contribution is -0.140. The maximum Gasteiger partial charge on any atom is 0.233 e. The largest absolute Gasteiger partial charge is 0.494 e. The minimum absolute atomic E-state index is 0.000478. The fraction of sp³-hybridized carbons (Fsp3) is 0.542. The average Bonchev–Trinajstić information content (AvgIpc) is 3.46. The second kappa shape index (κ2) is 9.54. The van der Waals surface area contributed by atoms with Crippen LogP contribution in [0.5, 0.6) is 5.75 Å². The van der Waals surface area contributed by atoms with Crippen LogP contribution < -0.4 is 15.4 Å². The number of carbonyl (C=O) groups is 2. The number of amides is 2. The zero-order valence-corrected chi connectivity index (χ0v) is 18.3. The van der Waals surface area contributed by atoms with Crippen molar-refractivity contribution >= 4 is 17.8 Å². The van der Waals surface area contributed by atoms with Gasteiger partial charge >= 0.3 is 0 Å². The van der Waals surface area contributed by atoms with E-state index in [0.29, 0.717) is 32.2 Å². The fourth-order valence-corrected chi connectivity index (χ4v) is 4.94. The van der Waals surface area contributed by atoms with Gasteiger partial charge in [-0.15, -0.1) is 0 Å². The Labute approximate surface area is 183 Å². The Morgan fingerprint density at radius 2 is 1.87 bits per heavy atom. The van der Waals surface area contributed by atoms with Crippen LogP contribution in [0.15, 0.2) is 41.4 Å². The normalized spacial score (nSPS) is 26.5. The topological polar surface area (TPSA) is 83.0 Å². The van der Waals surface area contributed by atoms with Crippen molar-refractivity contribution in [3.05, 3.63) is 42.0 Å². The molecule has 1 saturated heterocycles. The van der Waals surface area contributed by atoms with Crippen LogP contribution in [0.2, 0.25) is 0 Å². The third kappa shape index (κ3) is 4.45. The van der Waals surface area contributed by atoms with Crippen molar-refractivity contribution in [2.45, 2.75) is 33.2 Å². The third-order valence-electron chi connectivity index (χ3n) is 6.32. The molecule has 2 fully saturated rings. The van der Waals surface area contributed by atoms with E-state index in [1.807, 2.05) is 31.2 Å². The van der Waals surface area contributed by atoms with Crippen molar-refractivity contribution in [3.8, 4) is 5.75 Å². The van der Waals surface area contributed by atoms with Gasteiger partial charge in [-0.05, 0) is 49.3 Å². The molecule has 7 heteroatoms. The first kappa shape index (κ1) is 21.4. The molecule has 1 aromatic rings. The van der Waals surface area contributed by atoms with Gasteiger partial charge in [0.05, 0.1) is 25.0 Å². The predicted octanol–water partition coefficient (Wildman–Crippen LogP) is 2.34. The number of benzene rings is 1. The van der Waals surface area contributed by atoms with Crippen molar-refractivity contribution < 1.29 is 14.3 Å². The van der Waals surface area contributed by atoms with E-state index in [-0.39, 0.29) is 35.5 Å². The maximum absolute atomic E-state index is 12.8. The Bertz CT molecular complexity index is 851. The molecule has 2 N–H and O–H groups in total. The molecule has 0 radical (unpaired) electrons. The van der Waals surface area contributed by atoms with Crippen molar-refractivity contribution in [1.29, 1.82) is 0 Å². The van der Waals surface area contributed by atoms with Gasteiger partial charge in [0.25, 0.3) is 0 Å². The summed E-state index contributed by atoms with van der Waals surface area (Å²) in [5, 5.41) is 6.48. The number of fused-ring (bicyclic) bond motifs is 5. The number of ether oxygens (including phenoxy) is 1. The van der Waals surface area contributed by atoms with Crippen LogP contribution in [0.1, 0.15) is 32.3 Å². The summed E-state index contributed by atoms with van der Waals surface area (Å²) < 4.78 is 5.69. The second-order valence-electron chi connectivity index (χ2n) is 8.45. The number of likely N-dealkylation sites (tertiary alicyclic amines) is 1. The molecule has 1 saturated carbocycles. The zero-order chi connectivity index (χ0) is 21.8. The fourth-order valence-electron chi connectivity index (χ4n) is 4.94. The van der Waals surface area contributed by atoms with E-state index in [4.69, 9.17) is 4.74 Å². The highest BCUT2D eigenvalue weighted by atomic mass is 16.5. The molecule has 0 spiro atoms. The van der Waals surface area contributed by atoms with Crippen molar-refractivity contribution in [2.75, 3.05) is 26.2 Å². The molecule has 4 atom stereocenters. The van der Waals surface area contributed by atoms with Gasteiger partial charge in [-0.3, -0.25) is 14.5 Å². The van der Waals surface area contributed by atoms with Gasteiger partial charge in [0.2, 0.25) is 11.8 Å².